The van der Waals surface area contributed by atoms with Crippen molar-refractivity contribution in [3.05, 3.63) is 12.2 Å². The molecule has 0 aliphatic carbocycles. The van der Waals surface area contributed by atoms with Crippen molar-refractivity contribution < 1.29 is 22.3 Å². The standard InChI is InChI=1S/C6H7BrF4O/c1-12-4-2-3-5(8,9)6(7,10)11/h2-3H,4H2,1H3/b3-2+. The summed E-state index contributed by atoms with van der Waals surface area (Å²) in [5, 5.41) is 0. The van der Waals surface area contributed by atoms with Crippen molar-refractivity contribution in [2.45, 2.75) is 10.8 Å². The van der Waals surface area contributed by atoms with Crippen LogP contribution in [0.25, 0.3) is 0 Å². The molecule has 0 heterocycles. The minimum atomic E-state index is -4.22. The van der Waals surface area contributed by atoms with Gasteiger partial charge in [-0.3, -0.25) is 0 Å². The largest absolute Gasteiger partial charge is 0.381 e. The lowest BCUT2D eigenvalue weighted by Crippen LogP contribution is -2.32. The van der Waals surface area contributed by atoms with E-state index in [0.29, 0.717) is 0 Å². The number of ether oxygens (including phenoxy) is 1. The summed E-state index contributed by atoms with van der Waals surface area (Å²) >= 11 is 1.58. The van der Waals surface area contributed by atoms with E-state index in [1.54, 1.807) is 15.9 Å². The lowest BCUT2D eigenvalue weighted by Gasteiger charge is -2.17. The first kappa shape index (κ1) is 11.9. The zero-order valence-corrected chi connectivity index (χ0v) is 7.75. The summed E-state index contributed by atoms with van der Waals surface area (Å²) in [6, 6.07) is 0. The second kappa shape index (κ2) is 4.23. The van der Waals surface area contributed by atoms with E-state index in [1.807, 2.05) is 0 Å². The van der Waals surface area contributed by atoms with Gasteiger partial charge in [-0.1, -0.05) is 6.08 Å². The van der Waals surface area contributed by atoms with E-state index < -0.39 is 10.8 Å². The van der Waals surface area contributed by atoms with Crippen molar-refractivity contribution in [2.24, 2.45) is 0 Å². The Hall–Kier alpha value is -0.100. The fraction of sp³-hybridized carbons (Fsp3) is 0.667. The summed E-state index contributed by atoms with van der Waals surface area (Å²) in [7, 11) is 1.27. The molecule has 0 amide bonds. The molecular weight excluding hydrogens is 244 g/mol. The molecule has 0 N–H and O–H groups in total. The molecule has 0 atom stereocenters. The second-order valence-electron chi connectivity index (χ2n) is 1.98. The van der Waals surface area contributed by atoms with Gasteiger partial charge in [0.15, 0.2) is 0 Å². The van der Waals surface area contributed by atoms with E-state index in [9.17, 15) is 17.6 Å². The van der Waals surface area contributed by atoms with Crippen molar-refractivity contribution in [2.75, 3.05) is 13.7 Å². The minimum absolute atomic E-state index is 0.102. The van der Waals surface area contributed by atoms with Gasteiger partial charge in [-0.15, -0.1) is 0 Å². The zero-order chi connectivity index (χ0) is 9.83. The molecule has 0 aromatic rings. The number of hydrogen-bond acceptors (Lipinski definition) is 1. The maximum absolute atomic E-state index is 12.3. The zero-order valence-electron chi connectivity index (χ0n) is 6.16. The van der Waals surface area contributed by atoms with Gasteiger partial charge >= 0.3 is 10.8 Å². The number of rotatable bonds is 4. The van der Waals surface area contributed by atoms with Crippen molar-refractivity contribution in [1.82, 2.24) is 0 Å². The molecule has 0 aromatic heterocycles. The Morgan fingerprint density at radius 2 is 1.83 bits per heavy atom. The molecule has 0 bridgehead atoms. The van der Waals surface area contributed by atoms with Gasteiger partial charge in [0.25, 0.3) is 0 Å². The number of methoxy groups -OCH3 is 1. The molecule has 0 fully saturated rings. The van der Waals surface area contributed by atoms with Crippen LogP contribution in [0.4, 0.5) is 17.6 Å². The average molecular weight is 251 g/mol. The molecule has 0 spiro atoms. The fourth-order valence-electron chi connectivity index (χ4n) is 0.387. The highest BCUT2D eigenvalue weighted by molar-refractivity contribution is 9.10. The molecule has 1 nitrogen and oxygen atoms in total. The SMILES string of the molecule is COC/C=C/C(F)(F)C(F)(F)Br. The smallest absolute Gasteiger partial charge is 0.367 e. The topological polar surface area (TPSA) is 9.23 Å². The second-order valence-corrected chi connectivity index (χ2v) is 2.97. The third kappa shape index (κ3) is 3.53. The molecule has 0 radical (unpaired) electrons. The number of alkyl halides is 5. The van der Waals surface area contributed by atoms with Crippen LogP contribution in [-0.4, -0.2) is 24.5 Å². The molecule has 0 unspecified atom stereocenters. The van der Waals surface area contributed by atoms with Crippen LogP contribution < -0.4 is 0 Å². The lowest BCUT2D eigenvalue weighted by molar-refractivity contribution is -0.111. The normalized spacial score (nSPS) is 14.2. The van der Waals surface area contributed by atoms with Gasteiger partial charge in [-0.25, -0.2) is 0 Å². The van der Waals surface area contributed by atoms with Crippen molar-refractivity contribution >= 4 is 15.9 Å². The van der Waals surface area contributed by atoms with Gasteiger partial charge < -0.3 is 4.74 Å². The molecule has 6 heteroatoms. The molecule has 0 saturated heterocycles. The highest BCUT2D eigenvalue weighted by Crippen LogP contribution is 2.40. The Labute approximate surface area is 75.5 Å². The van der Waals surface area contributed by atoms with Gasteiger partial charge in [0, 0.05) is 7.11 Å². The van der Waals surface area contributed by atoms with Crippen LogP contribution in [0, 0.1) is 0 Å². The molecule has 72 valence electrons. The Morgan fingerprint density at radius 3 is 2.17 bits per heavy atom. The van der Waals surface area contributed by atoms with Crippen LogP contribution in [0.2, 0.25) is 0 Å². The van der Waals surface area contributed by atoms with Crippen molar-refractivity contribution in [3.63, 3.8) is 0 Å². The molecule has 0 rings (SSSR count). The first-order valence-corrected chi connectivity index (χ1v) is 3.72. The van der Waals surface area contributed by atoms with Crippen molar-refractivity contribution in [1.29, 1.82) is 0 Å². The van der Waals surface area contributed by atoms with Crippen LogP contribution in [0.5, 0.6) is 0 Å². The van der Waals surface area contributed by atoms with Crippen LogP contribution in [0.15, 0.2) is 12.2 Å². The van der Waals surface area contributed by atoms with Gasteiger partial charge in [0.1, 0.15) is 0 Å². The van der Waals surface area contributed by atoms with E-state index >= 15 is 0 Å². The molecular formula is C6H7BrF4O. The highest BCUT2D eigenvalue weighted by Gasteiger charge is 2.51. The van der Waals surface area contributed by atoms with E-state index in [4.69, 9.17) is 0 Å². The van der Waals surface area contributed by atoms with E-state index in [-0.39, 0.29) is 12.7 Å². The maximum atomic E-state index is 12.3. The molecule has 12 heavy (non-hydrogen) atoms. The summed E-state index contributed by atoms with van der Waals surface area (Å²) in [5.74, 6) is -4.19. The van der Waals surface area contributed by atoms with Gasteiger partial charge in [0.2, 0.25) is 0 Å². The highest BCUT2D eigenvalue weighted by atomic mass is 79.9. The minimum Gasteiger partial charge on any atom is -0.381 e. The summed E-state index contributed by atoms with van der Waals surface area (Å²) in [4.78, 5) is -4.22. The quantitative estimate of drug-likeness (QED) is 0.424. The fourth-order valence-corrected chi connectivity index (χ4v) is 0.519. The predicted octanol–water partition coefficient (Wildman–Crippen LogP) is 2.81. The lowest BCUT2D eigenvalue weighted by atomic mass is 10.3. The molecule has 0 aliphatic rings. The van der Waals surface area contributed by atoms with Crippen molar-refractivity contribution in [3.8, 4) is 0 Å². The summed E-state index contributed by atoms with van der Waals surface area (Å²) < 4.78 is 53.0. The van der Waals surface area contributed by atoms with E-state index in [0.717, 1.165) is 6.08 Å². The van der Waals surface area contributed by atoms with Crippen LogP contribution >= 0.6 is 15.9 Å². The van der Waals surface area contributed by atoms with Gasteiger partial charge in [0.05, 0.1) is 6.61 Å². The van der Waals surface area contributed by atoms with Gasteiger partial charge in [-0.2, -0.15) is 17.6 Å². The van der Waals surface area contributed by atoms with Crippen LogP contribution in [0.3, 0.4) is 0 Å². The molecule has 0 aromatic carbocycles. The number of allylic oxidation sites excluding steroid dienone is 1. The average Bonchev–Trinajstić information content (AvgIpc) is 1.85. The Balaban J connectivity index is 4.22. The van der Waals surface area contributed by atoms with Gasteiger partial charge in [-0.05, 0) is 22.0 Å². The third-order valence-electron chi connectivity index (χ3n) is 0.968. The predicted molar refractivity (Wildman–Crippen MR) is 39.8 cm³/mol. The molecule has 0 saturated carbocycles. The Morgan fingerprint density at radius 1 is 1.33 bits per heavy atom. The van der Waals surface area contributed by atoms with Crippen LogP contribution in [-0.2, 0) is 4.74 Å². The summed E-state index contributed by atoms with van der Waals surface area (Å²) in [6.07, 6.45) is 0.931. The first-order valence-electron chi connectivity index (χ1n) is 2.92. The Kier molecular flexibility index (Phi) is 4.19. The number of hydrogen-bond donors (Lipinski definition) is 0. The first-order chi connectivity index (χ1) is 5.31. The summed E-state index contributed by atoms with van der Waals surface area (Å²) in [6.45, 7) is -0.126. The van der Waals surface area contributed by atoms with E-state index in [1.165, 1.54) is 7.11 Å². The molecule has 0 aliphatic heterocycles. The third-order valence-corrected chi connectivity index (χ3v) is 1.50. The van der Waals surface area contributed by atoms with Crippen LogP contribution in [0.1, 0.15) is 0 Å². The number of halogens is 5. The van der Waals surface area contributed by atoms with E-state index in [2.05, 4.69) is 4.74 Å². The Bertz CT molecular complexity index is 163. The maximum Gasteiger partial charge on any atom is 0.367 e. The monoisotopic (exact) mass is 250 g/mol. The summed E-state index contributed by atoms with van der Waals surface area (Å²) in [5.41, 5.74) is 0.